The van der Waals surface area contributed by atoms with E-state index in [1.54, 1.807) is 31.6 Å². The van der Waals surface area contributed by atoms with Gasteiger partial charge in [0, 0.05) is 28.5 Å². The molecular formula is C16H16ClNO3. The molecule has 0 aliphatic heterocycles. The topological polar surface area (TPSA) is 59.4 Å². The van der Waals surface area contributed by atoms with E-state index in [2.05, 4.69) is 4.98 Å². The highest BCUT2D eigenvalue weighted by Gasteiger charge is 2.13. The summed E-state index contributed by atoms with van der Waals surface area (Å²) in [4.78, 5) is 15.0. The Kier molecular flexibility index (Phi) is 4.81. The zero-order chi connectivity index (χ0) is 15.4. The van der Waals surface area contributed by atoms with E-state index in [-0.39, 0.29) is 12.3 Å². The van der Waals surface area contributed by atoms with Crippen LogP contribution in [0.15, 0.2) is 36.7 Å². The molecule has 1 aromatic heterocycles. The Bertz CT molecular complexity index is 658. The standard InChI is InChI=1S/C16H16ClNO3/c1-10(5-16(19)20)11-6-12(9-18-8-11)14-7-13(17)3-4-15(14)21-2/h3-4,6-10H,5H2,1-2H3,(H,19,20). The van der Waals surface area contributed by atoms with Crippen LogP contribution < -0.4 is 4.74 Å². The molecule has 0 saturated heterocycles. The van der Waals surface area contributed by atoms with Crippen molar-refractivity contribution >= 4 is 17.6 Å². The summed E-state index contributed by atoms with van der Waals surface area (Å²) >= 11 is 6.04. The number of methoxy groups -OCH3 is 1. The van der Waals surface area contributed by atoms with Crippen molar-refractivity contribution in [2.75, 3.05) is 7.11 Å². The number of aliphatic carboxylic acids is 1. The Balaban J connectivity index is 2.41. The minimum absolute atomic E-state index is 0.0673. The molecule has 0 radical (unpaired) electrons. The van der Waals surface area contributed by atoms with Crippen LogP contribution in [-0.4, -0.2) is 23.2 Å². The first-order valence-electron chi connectivity index (χ1n) is 6.52. The minimum atomic E-state index is -0.826. The molecule has 1 aromatic carbocycles. The molecule has 0 fully saturated rings. The highest BCUT2D eigenvalue weighted by atomic mass is 35.5. The van der Waals surface area contributed by atoms with Crippen LogP contribution in [0.1, 0.15) is 24.8 Å². The molecule has 1 unspecified atom stereocenters. The first kappa shape index (κ1) is 15.3. The quantitative estimate of drug-likeness (QED) is 0.907. The van der Waals surface area contributed by atoms with Crippen molar-refractivity contribution in [3.05, 3.63) is 47.2 Å². The van der Waals surface area contributed by atoms with Crippen LogP contribution >= 0.6 is 11.6 Å². The average molecular weight is 306 g/mol. The summed E-state index contributed by atoms with van der Waals surface area (Å²) in [5.41, 5.74) is 2.56. The van der Waals surface area contributed by atoms with Gasteiger partial charge in [-0.05, 0) is 35.7 Å². The lowest BCUT2D eigenvalue weighted by molar-refractivity contribution is -0.137. The van der Waals surface area contributed by atoms with Crippen LogP contribution in [0.3, 0.4) is 0 Å². The number of pyridine rings is 1. The summed E-state index contributed by atoms with van der Waals surface area (Å²) in [6, 6.07) is 7.29. The normalized spacial score (nSPS) is 12.0. The summed E-state index contributed by atoms with van der Waals surface area (Å²) < 4.78 is 5.34. The predicted molar refractivity (Wildman–Crippen MR) is 81.9 cm³/mol. The number of hydrogen-bond acceptors (Lipinski definition) is 3. The number of benzene rings is 1. The van der Waals surface area contributed by atoms with E-state index in [0.29, 0.717) is 10.8 Å². The Labute approximate surface area is 128 Å². The van der Waals surface area contributed by atoms with E-state index in [1.165, 1.54) is 0 Å². The van der Waals surface area contributed by atoms with Crippen LogP contribution in [0, 0.1) is 0 Å². The molecule has 0 spiro atoms. The van der Waals surface area contributed by atoms with Crippen molar-refractivity contribution in [1.82, 2.24) is 4.98 Å². The third-order valence-corrected chi connectivity index (χ3v) is 3.52. The highest BCUT2D eigenvalue weighted by molar-refractivity contribution is 6.31. The Morgan fingerprint density at radius 2 is 2.14 bits per heavy atom. The lowest BCUT2D eigenvalue weighted by atomic mass is 9.96. The van der Waals surface area contributed by atoms with Crippen LogP contribution in [0.25, 0.3) is 11.1 Å². The predicted octanol–water partition coefficient (Wildman–Crippen LogP) is 3.99. The summed E-state index contributed by atoms with van der Waals surface area (Å²) in [5.74, 6) is -0.238. The Hall–Kier alpha value is -2.07. The Morgan fingerprint density at radius 3 is 2.81 bits per heavy atom. The molecular weight excluding hydrogens is 290 g/mol. The fourth-order valence-electron chi connectivity index (χ4n) is 2.16. The monoisotopic (exact) mass is 305 g/mol. The van der Waals surface area contributed by atoms with Gasteiger partial charge < -0.3 is 9.84 Å². The van der Waals surface area contributed by atoms with Crippen molar-refractivity contribution in [3.63, 3.8) is 0 Å². The van der Waals surface area contributed by atoms with E-state index < -0.39 is 5.97 Å². The molecule has 110 valence electrons. The number of nitrogens with zero attached hydrogens (tertiary/aromatic N) is 1. The molecule has 1 atom stereocenters. The van der Waals surface area contributed by atoms with Crippen LogP contribution in [-0.2, 0) is 4.79 Å². The number of carbonyl (C=O) groups is 1. The van der Waals surface area contributed by atoms with Crippen LogP contribution in [0.2, 0.25) is 5.02 Å². The van der Waals surface area contributed by atoms with Gasteiger partial charge in [-0.25, -0.2) is 0 Å². The van der Waals surface area contributed by atoms with Gasteiger partial charge in [0.2, 0.25) is 0 Å². The fourth-order valence-corrected chi connectivity index (χ4v) is 2.33. The van der Waals surface area contributed by atoms with Crippen molar-refractivity contribution in [3.8, 4) is 16.9 Å². The number of halogens is 1. The minimum Gasteiger partial charge on any atom is -0.496 e. The fraction of sp³-hybridized carbons (Fsp3) is 0.250. The van der Waals surface area contributed by atoms with E-state index in [4.69, 9.17) is 21.4 Å². The van der Waals surface area contributed by atoms with Crippen LogP contribution in [0.5, 0.6) is 5.75 Å². The molecule has 2 rings (SSSR count). The van der Waals surface area contributed by atoms with Gasteiger partial charge in [0.15, 0.2) is 0 Å². The zero-order valence-electron chi connectivity index (χ0n) is 11.8. The van der Waals surface area contributed by atoms with Crippen molar-refractivity contribution in [2.24, 2.45) is 0 Å². The number of carboxylic acid groups (broad SMARTS) is 1. The maximum Gasteiger partial charge on any atom is 0.303 e. The maximum absolute atomic E-state index is 10.8. The lowest BCUT2D eigenvalue weighted by Crippen LogP contribution is -2.03. The van der Waals surface area contributed by atoms with E-state index in [1.807, 2.05) is 19.1 Å². The van der Waals surface area contributed by atoms with Crippen LogP contribution in [0.4, 0.5) is 0 Å². The molecule has 21 heavy (non-hydrogen) atoms. The van der Waals surface area contributed by atoms with Crippen molar-refractivity contribution in [2.45, 2.75) is 19.3 Å². The van der Waals surface area contributed by atoms with Gasteiger partial charge >= 0.3 is 5.97 Å². The highest BCUT2D eigenvalue weighted by Crippen LogP contribution is 2.33. The summed E-state index contributed by atoms with van der Waals surface area (Å²) in [7, 11) is 1.59. The van der Waals surface area contributed by atoms with Gasteiger partial charge in [-0.2, -0.15) is 0 Å². The molecule has 0 amide bonds. The summed E-state index contributed by atoms with van der Waals surface area (Å²) in [5, 5.41) is 9.50. The van der Waals surface area contributed by atoms with E-state index in [0.717, 1.165) is 16.7 Å². The van der Waals surface area contributed by atoms with Gasteiger partial charge in [0.05, 0.1) is 13.5 Å². The van der Waals surface area contributed by atoms with E-state index >= 15 is 0 Å². The number of ether oxygens (including phenoxy) is 1. The van der Waals surface area contributed by atoms with Gasteiger partial charge in [-0.3, -0.25) is 9.78 Å². The molecule has 1 N–H and O–H groups in total. The van der Waals surface area contributed by atoms with Gasteiger partial charge in [0.25, 0.3) is 0 Å². The molecule has 0 saturated carbocycles. The number of aromatic nitrogens is 1. The SMILES string of the molecule is COc1ccc(Cl)cc1-c1cncc(C(C)CC(=O)O)c1. The first-order chi connectivity index (χ1) is 10.0. The van der Waals surface area contributed by atoms with Crippen molar-refractivity contribution < 1.29 is 14.6 Å². The second-order valence-corrected chi connectivity index (χ2v) is 5.29. The molecule has 2 aromatic rings. The first-order valence-corrected chi connectivity index (χ1v) is 6.89. The van der Waals surface area contributed by atoms with E-state index in [9.17, 15) is 4.79 Å². The smallest absolute Gasteiger partial charge is 0.303 e. The lowest BCUT2D eigenvalue weighted by Gasteiger charge is -2.13. The molecule has 0 aliphatic carbocycles. The third kappa shape index (κ3) is 3.73. The molecule has 1 heterocycles. The number of rotatable bonds is 5. The zero-order valence-corrected chi connectivity index (χ0v) is 12.6. The van der Waals surface area contributed by atoms with Crippen molar-refractivity contribution in [1.29, 1.82) is 0 Å². The van der Waals surface area contributed by atoms with Gasteiger partial charge in [-0.15, -0.1) is 0 Å². The summed E-state index contributed by atoms with van der Waals surface area (Å²) in [6.45, 7) is 1.87. The Morgan fingerprint density at radius 1 is 1.38 bits per heavy atom. The molecule has 0 aliphatic rings. The summed E-state index contributed by atoms with van der Waals surface area (Å²) in [6.07, 6.45) is 3.47. The molecule has 0 bridgehead atoms. The number of carboxylic acids is 1. The van der Waals surface area contributed by atoms with Gasteiger partial charge in [0.1, 0.15) is 5.75 Å². The van der Waals surface area contributed by atoms with Gasteiger partial charge in [-0.1, -0.05) is 18.5 Å². The second-order valence-electron chi connectivity index (χ2n) is 4.85. The maximum atomic E-state index is 10.8. The molecule has 5 heteroatoms. The average Bonchev–Trinajstić information content (AvgIpc) is 2.46. The second kappa shape index (κ2) is 6.59. The molecule has 4 nitrogen and oxygen atoms in total. The third-order valence-electron chi connectivity index (χ3n) is 3.28. The number of hydrogen-bond donors (Lipinski definition) is 1. The largest absolute Gasteiger partial charge is 0.496 e.